The largest absolute Gasteiger partial charge is 0.411 e. The van der Waals surface area contributed by atoms with Crippen LogP contribution in [0.4, 0.5) is 4.39 Å². The van der Waals surface area contributed by atoms with Crippen LogP contribution in [-0.4, -0.2) is 39.8 Å². The molecule has 2 aromatic rings. The molecule has 1 amide bonds. The molecule has 0 bridgehead atoms. The summed E-state index contributed by atoms with van der Waals surface area (Å²) < 4.78 is 19.0. The van der Waals surface area contributed by atoms with Gasteiger partial charge in [-0.05, 0) is 26.0 Å². The van der Waals surface area contributed by atoms with Gasteiger partial charge in [-0.15, -0.1) is 10.2 Å². The Morgan fingerprint density at radius 3 is 2.67 bits per heavy atom. The van der Waals surface area contributed by atoms with Crippen molar-refractivity contribution in [3.8, 4) is 11.5 Å². The van der Waals surface area contributed by atoms with Crippen LogP contribution in [0.1, 0.15) is 13.8 Å². The van der Waals surface area contributed by atoms with E-state index in [0.717, 1.165) is 11.8 Å². The summed E-state index contributed by atoms with van der Waals surface area (Å²) in [5.41, 5.74) is 0.256. The third kappa shape index (κ3) is 3.81. The minimum atomic E-state index is -0.420. The monoisotopic (exact) mass is 309 g/mol. The molecule has 1 aromatic carbocycles. The summed E-state index contributed by atoms with van der Waals surface area (Å²) in [5, 5.41) is 7.89. The molecule has 0 aliphatic heterocycles. The summed E-state index contributed by atoms with van der Waals surface area (Å²) >= 11 is 1.16. The number of amides is 1. The zero-order chi connectivity index (χ0) is 15.2. The van der Waals surface area contributed by atoms with E-state index in [0.29, 0.717) is 13.1 Å². The van der Waals surface area contributed by atoms with Crippen LogP contribution < -0.4 is 0 Å². The van der Waals surface area contributed by atoms with Gasteiger partial charge in [0.1, 0.15) is 5.82 Å². The van der Waals surface area contributed by atoms with Crippen LogP contribution in [0, 0.1) is 5.82 Å². The molecule has 0 unspecified atom stereocenters. The van der Waals surface area contributed by atoms with Crippen molar-refractivity contribution in [2.75, 3.05) is 18.8 Å². The maximum atomic E-state index is 13.6. The van der Waals surface area contributed by atoms with Gasteiger partial charge in [0.25, 0.3) is 11.1 Å². The second kappa shape index (κ2) is 7.21. The average molecular weight is 309 g/mol. The number of aromatic nitrogens is 2. The third-order valence-corrected chi connectivity index (χ3v) is 3.75. The van der Waals surface area contributed by atoms with Gasteiger partial charge in [-0.1, -0.05) is 23.9 Å². The predicted octanol–water partition coefficient (Wildman–Crippen LogP) is 2.84. The molecule has 0 atom stereocenters. The highest BCUT2D eigenvalue weighted by Gasteiger charge is 2.15. The molecule has 112 valence electrons. The number of carbonyl (C=O) groups excluding carboxylic acids is 1. The van der Waals surface area contributed by atoms with Crippen molar-refractivity contribution in [2.45, 2.75) is 19.1 Å². The normalized spacial score (nSPS) is 10.6. The molecule has 7 heteroatoms. The fourth-order valence-electron chi connectivity index (χ4n) is 1.80. The van der Waals surface area contributed by atoms with E-state index in [-0.39, 0.29) is 28.3 Å². The molecule has 0 aliphatic rings. The molecule has 1 heterocycles. The first-order valence-electron chi connectivity index (χ1n) is 6.64. The fraction of sp³-hybridized carbons (Fsp3) is 0.357. The van der Waals surface area contributed by atoms with E-state index in [2.05, 4.69) is 10.2 Å². The van der Waals surface area contributed by atoms with E-state index < -0.39 is 5.82 Å². The van der Waals surface area contributed by atoms with Gasteiger partial charge in [-0.3, -0.25) is 4.79 Å². The Labute approximate surface area is 126 Å². The summed E-state index contributed by atoms with van der Waals surface area (Å²) in [6.45, 7) is 5.19. The molecule has 1 aromatic heterocycles. The van der Waals surface area contributed by atoms with Crippen LogP contribution in [0.2, 0.25) is 0 Å². The summed E-state index contributed by atoms with van der Waals surface area (Å²) in [6.07, 6.45) is 0. The minimum absolute atomic E-state index is 0.00985. The van der Waals surface area contributed by atoms with E-state index in [1.54, 1.807) is 23.1 Å². The van der Waals surface area contributed by atoms with Crippen molar-refractivity contribution < 1.29 is 13.6 Å². The molecule has 0 N–H and O–H groups in total. The minimum Gasteiger partial charge on any atom is -0.411 e. The van der Waals surface area contributed by atoms with Crippen molar-refractivity contribution in [1.82, 2.24) is 15.1 Å². The van der Waals surface area contributed by atoms with E-state index in [4.69, 9.17) is 4.42 Å². The number of nitrogens with zero attached hydrogens (tertiary/aromatic N) is 3. The summed E-state index contributed by atoms with van der Waals surface area (Å²) in [4.78, 5) is 13.6. The number of benzene rings is 1. The number of carbonyl (C=O) groups is 1. The van der Waals surface area contributed by atoms with Crippen LogP contribution >= 0.6 is 11.8 Å². The van der Waals surface area contributed by atoms with E-state index >= 15 is 0 Å². The molecule has 21 heavy (non-hydrogen) atoms. The number of rotatable bonds is 6. The van der Waals surface area contributed by atoms with Gasteiger partial charge in [0.15, 0.2) is 0 Å². The van der Waals surface area contributed by atoms with Gasteiger partial charge >= 0.3 is 0 Å². The Hall–Kier alpha value is -1.89. The first-order chi connectivity index (χ1) is 10.2. The van der Waals surface area contributed by atoms with Gasteiger partial charge in [-0.25, -0.2) is 4.39 Å². The van der Waals surface area contributed by atoms with Gasteiger partial charge in [0.05, 0.1) is 11.3 Å². The van der Waals surface area contributed by atoms with Crippen molar-refractivity contribution >= 4 is 17.7 Å². The molecule has 2 rings (SSSR count). The predicted molar refractivity (Wildman–Crippen MR) is 78.3 cm³/mol. The van der Waals surface area contributed by atoms with Crippen LogP contribution in [-0.2, 0) is 4.79 Å². The van der Waals surface area contributed by atoms with E-state index in [1.165, 1.54) is 6.07 Å². The molecular weight excluding hydrogens is 293 g/mol. The highest BCUT2D eigenvalue weighted by Crippen LogP contribution is 2.25. The first kappa shape index (κ1) is 15.5. The number of thioether (sulfide) groups is 1. The maximum absolute atomic E-state index is 13.6. The van der Waals surface area contributed by atoms with Gasteiger partial charge < -0.3 is 9.32 Å². The quantitative estimate of drug-likeness (QED) is 0.768. The smallest absolute Gasteiger partial charge is 0.277 e. The number of hydrogen-bond acceptors (Lipinski definition) is 5. The molecule has 0 aliphatic carbocycles. The van der Waals surface area contributed by atoms with Crippen molar-refractivity contribution in [2.24, 2.45) is 0 Å². The summed E-state index contributed by atoms with van der Waals surface area (Å²) in [5.74, 6) is -0.0703. The van der Waals surface area contributed by atoms with Crippen LogP contribution in [0.5, 0.6) is 0 Å². The lowest BCUT2D eigenvalue weighted by Gasteiger charge is -2.17. The van der Waals surface area contributed by atoms with Crippen molar-refractivity contribution in [1.29, 1.82) is 0 Å². The van der Waals surface area contributed by atoms with E-state index in [1.807, 2.05) is 13.8 Å². The summed E-state index contributed by atoms with van der Waals surface area (Å²) in [6, 6.07) is 6.18. The standard InChI is InChI=1S/C14H16FN3O2S/c1-3-18(4-2)12(19)9-21-14-17-16-13(20-14)10-7-5-6-8-11(10)15/h5-8H,3-4,9H2,1-2H3. The van der Waals surface area contributed by atoms with Crippen LogP contribution in [0.25, 0.3) is 11.5 Å². The number of halogens is 1. The molecule has 0 fully saturated rings. The Bertz CT molecular complexity index is 614. The van der Waals surface area contributed by atoms with Gasteiger partial charge in [0.2, 0.25) is 5.91 Å². The van der Waals surface area contributed by atoms with Gasteiger partial charge in [0, 0.05) is 13.1 Å². The third-order valence-electron chi connectivity index (χ3n) is 2.95. The highest BCUT2D eigenvalue weighted by atomic mass is 32.2. The average Bonchev–Trinajstić information content (AvgIpc) is 2.95. The highest BCUT2D eigenvalue weighted by molar-refractivity contribution is 7.99. The Balaban J connectivity index is 2.01. The second-order valence-electron chi connectivity index (χ2n) is 4.21. The molecule has 0 saturated heterocycles. The topological polar surface area (TPSA) is 59.2 Å². The SMILES string of the molecule is CCN(CC)C(=O)CSc1nnc(-c2ccccc2F)o1. The van der Waals surface area contributed by atoms with E-state index in [9.17, 15) is 9.18 Å². The zero-order valence-corrected chi connectivity index (χ0v) is 12.7. The second-order valence-corrected chi connectivity index (χ2v) is 5.13. The lowest BCUT2D eigenvalue weighted by molar-refractivity contribution is -0.127. The molecule has 0 spiro atoms. The Morgan fingerprint density at radius 1 is 1.29 bits per heavy atom. The molecule has 0 radical (unpaired) electrons. The van der Waals surface area contributed by atoms with Crippen molar-refractivity contribution in [3.63, 3.8) is 0 Å². The van der Waals surface area contributed by atoms with Gasteiger partial charge in [-0.2, -0.15) is 0 Å². The van der Waals surface area contributed by atoms with Crippen molar-refractivity contribution in [3.05, 3.63) is 30.1 Å². The molecule has 0 saturated carbocycles. The maximum Gasteiger partial charge on any atom is 0.277 e. The lowest BCUT2D eigenvalue weighted by atomic mass is 10.2. The fourth-order valence-corrected chi connectivity index (χ4v) is 2.47. The zero-order valence-electron chi connectivity index (χ0n) is 11.9. The lowest BCUT2D eigenvalue weighted by Crippen LogP contribution is -2.31. The molecule has 5 nitrogen and oxygen atoms in total. The number of hydrogen-bond donors (Lipinski definition) is 0. The Morgan fingerprint density at radius 2 is 2.00 bits per heavy atom. The molecular formula is C14H16FN3O2S. The summed E-state index contributed by atoms with van der Waals surface area (Å²) in [7, 11) is 0. The Kier molecular flexibility index (Phi) is 5.32. The van der Waals surface area contributed by atoms with Crippen LogP contribution in [0.15, 0.2) is 33.9 Å². The first-order valence-corrected chi connectivity index (χ1v) is 7.63. The van der Waals surface area contributed by atoms with Crippen LogP contribution in [0.3, 0.4) is 0 Å².